The average molecular weight is 593 g/mol. The summed E-state index contributed by atoms with van der Waals surface area (Å²) in [6, 6.07) is 0. The Kier molecular flexibility index (Phi) is 12.6. The number of hydrogen-bond donors (Lipinski definition) is 0. The van der Waals surface area contributed by atoms with Gasteiger partial charge in [-0.15, -0.1) is 0 Å². The van der Waals surface area contributed by atoms with Crippen LogP contribution in [0.1, 0.15) is 13.8 Å². The van der Waals surface area contributed by atoms with Crippen molar-refractivity contribution in [2.45, 2.75) is 106 Å². The van der Waals surface area contributed by atoms with Crippen molar-refractivity contribution in [1.82, 2.24) is 0 Å². The van der Waals surface area contributed by atoms with Gasteiger partial charge in [-0.1, -0.05) is 0 Å². The molecule has 0 aromatic rings. The van der Waals surface area contributed by atoms with Crippen LogP contribution in [0.4, 0.5) is 0 Å². The SMILES string of the molecule is CCO[Si](C)(C)O[Si](C)(C)O[Si](C)(C)O[Si](C)(C)O[Si](C)(C)O[Si](C)(C)O[Si](C)(C)OCC. The molecule has 0 unspecified atom stereocenters. The third-order valence-corrected chi connectivity index (χ3v) is 29.5. The van der Waals surface area contributed by atoms with Crippen molar-refractivity contribution in [3.8, 4) is 0 Å². The molecule has 0 radical (unpaired) electrons. The van der Waals surface area contributed by atoms with Crippen molar-refractivity contribution in [2.75, 3.05) is 13.2 Å². The Hall–Kier alpha value is 1.20. The maximum absolute atomic E-state index is 6.60. The Bertz CT molecular complexity index is 563. The predicted octanol–water partition coefficient (Wildman–Crippen LogP) is 6.07. The highest BCUT2D eigenvalue weighted by molar-refractivity contribution is 6.91. The first-order valence-corrected chi connectivity index (χ1v) is 31.6. The van der Waals surface area contributed by atoms with Gasteiger partial charge in [-0.3, -0.25) is 0 Å². The van der Waals surface area contributed by atoms with Crippen LogP contribution in [0, 0.1) is 0 Å². The van der Waals surface area contributed by atoms with Crippen molar-refractivity contribution in [3.63, 3.8) is 0 Å². The molecule has 0 saturated carbocycles. The molecular weight excluding hydrogens is 541 g/mol. The fourth-order valence-corrected chi connectivity index (χ4v) is 37.4. The third-order valence-electron chi connectivity index (χ3n) is 3.93. The molecule has 0 aliphatic carbocycles. The molecule has 0 amide bonds. The lowest BCUT2D eigenvalue weighted by molar-refractivity contribution is 0.226. The lowest BCUT2D eigenvalue weighted by atomic mass is 10.9. The van der Waals surface area contributed by atoms with E-state index in [0.29, 0.717) is 13.2 Å². The van der Waals surface area contributed by atoms with Crippen LogP contribution >= 0.6 is 0 Å². The van der Waals surface area contributed by atoms with Crippen molar-refractivity contribution in [1.29, 1.82) is 0 Å². The summed E-state index contributed by atoms with van der Waals surface area (Å²) in [5, 5.41) is 0. The topological polar surface area (TPSA) is 73.8 Å². The van der Waals surface area contributed by atoms with Crippen LogP contribution in [0.15, 0.2) is 0 Å². The second kappa shape index (κ2) is 12.2. The maximum atomic E-state index is 6.60. The summed E-state index contributed by atoms with van der Waals surface area (Å²) in [6.45, 7) is 34.1. The molecule has 0 spiro atoms. The van der Waals surface area contributed by atoms with E-state index in [4.69, 9.17) is 33.5 Å². The highest BCUT2D eigenvalue weighted by Gasteiger charge is 2.48. The van der Waals surface area contributed by atoms with E-state index < -0.39 is 59.9 Å². The quantitative estimate of drug-likeness (QED) is 0.200. The Labute approximate surface area is 211 Å². The van der Waals surface area contributed by atoms with Crippen molar-refractivity contribution in [3.05, 3.63) is 0 Å². The molecule has 0 heterocycles. The zero-order chi connectivity index (χ0) is 26.6. The molecule has 33 heavy (non-hydrogen) atoms. The third kappa shape index (κ3) is 15.8. The Morgan fingerprint density at radius 3 is 0.606 bits per heavy atom. The van der Waals surface area contributed by atoms with E-state index in [1.807, 2.05) is 13.8 Å². The molecule has 0 saturated heterocycles. The van der Waals surface area contributed by atoms with Gasteiger partial charge in [0.2, 0.25) is 0 Å². The molecule has 0 aromatic carbocycles. The van der Waals surface area contributed by atoms with E-state index in [-0.39, 0.29) is 0 Å². The van der Waals surface area contributed by atoms with Gasteiger partial charge in [0.25, 0.3) is 0 Å². The summed E-state index contributed by atoms with van der Waals surface area (Å²) in [5.41, 5.74) is 0. The monoisotopic (exact) mass is 592 g/mol. The summed E-state index contributed by atoms with van der Waals surface area (Å²) in [6.07, 6.45) is 0. The molecule has 8 nitrogen and oxygen atoms in total. The maximum Gasteiger partial charge on any atom is 0.322 e. The van der Waals surface area contributed by atoms with E-state index in [9.17, 15) is 0 Å². The predicted molar refractivity (Wildman–Crippen MR) is 152 cm³/mol. The van der Waals surface area contributed by atoms with Gasteiger partial charge >= 0.3 is 59.9 Å². The van der Waals surface area contributed by atoms with E-state index in [1.165, 1.54) is 0 Å². The van der Waals surface area contributed by atoms with E-state index in [2.05, 4.69) is 91.7 Å². The molecule has 0 aromatic heterocycles. The summed E-state index contributed by atoms with van der Waals surface area (Å²) in [4.78, 5) is 0. The largest absolute Gasteiger partial charge is 0.416 e. The summed E-state index contributed by atoms with van der Waals surface area (Å²) in [5.74, 6) is 0. The first-order chi connectivity index (χ1) is 14.4. The van der Waals surface area contributed by atoms with E-state index in [1.54, 1.807) is 0 Å². The standard InChI is InChI=1S/C18H52O8Si7/c1-17-19-27(3,4)21-29(7,8)23-31(11,12)25-33(15,16)26-32(13,14)24-30(9,10)22-28(5,6)20-18-2/h17-18H2,1-16H3. The Balaban J connectivity index is 5.23. The highest BCUT2D eigenvalue weighted by Crippen LogP contribution is 2.28. The highest BCUT2D eigenvalue weighted by atomic mass is 28.5. The molecule has 200 valence electrons. The minimum Gasteiger partial charge on any atom is -0.416 e. The van der Waals surface area contributed by atoms with Crippen LogP contribution in [0.5, 0.6) is 0 Å². The summed E-state index contributed by atoms with van der Waals surface area (Å²) in [7, 11) is -17.0. The van der Waals surface area contributed by atoms with Gasteiger partial charge in [0.05, 0.1) is 0 Å². The van der Waals surface area contributed by atoms with Crippen LogP contribution < -0.4 is 0 Å². The number of hydrogen-bond acceptors (Lipinski definition) is 8. The van der Waals surface area contributed by atoms with Crippen LogP contribution in [-0.4, -0.2) is 73.1 Å². The van der Waals surface area contributed by atoms with Crippen molar-refractivity contribution < 1.29 is 33.5 Å². The van der Waals surface area contributed by atoms with Gasteiger partial charge in [-0.05, 0) is 106 Å². The van der Waals surface area contributed by atoms with Crippen molar-refractivity contribution in [2.24, 2.45) is 0 Å². The molecule has 15 heteroatoms. The van der Waals surface area contributed by atoms with Crippen LogP contribution in [0.3, 0.4) is 0 Å². The van der Waals surface area contributed by atoms with Crippen LogP contribution in [0.25, 0.3) is 0 Å². The van der Waals surface area contributed by atoms with Gasteiger partial charge in [-0.25, -0.2) is 0 Å². The van der Waals surface area contributed by atoms with E-state index in [0.717, 1.165) is 0 Å². The Morgan fingerprint density at radius 1 is 0.303 bits per heavy atom. The first kappa shape index (κ1) is 34.2. The fourth-order valence-electron chi connectivity index (χ4n) is 4.41. The summed E-state index contributed by atoms with van der Waals surface area (Å²) < 4.78 is 50.7. The minimum absolute atomic E-state index is 0.641. The molecule has 0 bridgehead atoms. The molecule has 0 rings (SSSR count). The molecular formula is C18H52O8Si7. The summed E-state index contributed by atoms with van der Waals surface area (Å²) >= 11 is 0. The molecule has 0 atom stereocenters. The van der Waals surface area contributed by atoms with Crippen molar-refractivity contribution >= 4 is 59.9 Å². The first-order valence-electron chi connectivity index (χ1n) is 11.8. The van der Waals surface area contributed by atoms with Gasteiger partial charge in [0.15, 0.2) is 0 Å². The van der Waals surface area contributed by atoms with Gasteiger partial charge in [0.1, 0.15) is 0 Å². The van der Waals surface area contributed by atoms with Gasteiger partial charge < -0.3 is 33.5 Å². The smallest absolute Gasteiger partial charge is 0.322 e. The minimum atomic E-state index is -2.55. The zero-order valence-electron chi connectivity index (χ0n) is 24.2. The number of rotatable bonds is 16. The molecule has 0 fully saturated rings. The lowest BCUT2D eigenvalue weighted by Crippen LogP contribution is -2.61. The van der Waals surface area contributed by atoms with Crippen LogP contribution in [0.2, 0.25) is 91.7 Å². The molecule has 0 N–H and O–H groups in total. The molecule has 0 aliphatic heterocycles. The van der Waals surface area contributed by atoms with Gasteiger partial charge in [0, 0.05) is 13.2 Å². The zero-order valence-corrected chi connectivity index (χ0v) is 31.2. The van der Waals surface area contributed by atoms with Gasteiger partial charge in [-0.2, -0.15) is 0 Å². The second-order valence-corrected chi connectivity index (χ2v) is 36.4. The average Bonchev–Trinajstić information content (AvgIpc) is 2.36. The fraction of sp³-hybridized carbons (Fsp3) is 1.00. The lowest BCUT2D eigenvalue weighted by Gasteiger charge is -2.43. The Morgan fingerprint density at radius 2 is 0.455 bits per heavy atom. The normalized spacial score (nSPS) is 15.3. The van der Waals surface area contributed by atoms with Crippen LogP contribution in [-0.2, 0) is 33.5 Å². The molecule has 0 aliphatic rings. The van der Waals surface area contributed by atoms with E-state index >= 15 is 0 Å². The second-order valence-electron chi connectivity index (χ2n) is 11.3.